The normalized spacial score (nSPS) is 10.1. The molecule has 0 amide bonds. The van der Waals surface area contributed by atoms with Gasteiger partial charge in [-0.2, -0.15) is 0 Å². The van der Waals surface area contributed by atoms with Crippen LogP contribution in [0.5, 0.6) is 5.75 Å². The second kappa shape index (κ2) is 5.40. The molecule has 0 aliphatic carbocycles. The summed E-state index contributed by atoms with van der Waals surface area (Å²) < 4.78 is 5.14. The predicted octanol–water partition coefficient (Wildman–Crippen LogP) is 2.30. The summed E-state index contributed by atoms with van der Waals surface area (Å²) in [6.45, 7) is 0. The Balaban J connectivity index is 2.27. The van der Waals surface area contributed by atoms with Gasteiger partial charge in [0.1, 0.15) is 11.6 Å². The standard InChI is InChI=1S/C14H17N3O/c1-16-14-12(13(15)7-8-17-14)9-10-3-5-11(18-2)6-4-10/h3-8H,9H2,1-2H3,(H3,15,16,17). The molecular weight excluding hydrogens is 226 g/mol. The topological polar surface area (TPSA) is 60.2 Å². The minimum Gasteiger partial charge on any atom is -0.497 e. The van der Waals surface area contributed by atoms with Crippen molar-refractivity contribution in [3.05, 3.63) is 47.7 Å². The molecule has 0 aliphatic rings. The van der Waals surface area contributed by atoms with Gasteiger partial charge in [-0.1, -0.05) is 12.1 Å². The lowest BCUT2D eigenvalue weighted by Gasteiger charge is -2.11. The van der Waals surface area contributed by atoms with E-state index in [0.29, 0.717) is 0 Å². The van der Waals surface area contributed by atoms with Crippen molar-refractivity contribution in [2.75, 3.05) is 25.2 Å². The maximum absolute atomic E-state index is 6.00. The highest BCUT2D eigenvalue weighted by atomic mass is 16.5. The lowest BCUT2D eigenvalue weighted by atomic mass is 10.0. The van der Waals surface area contributed by atoms with Gasteiger partial charge in [0.25, 0.3) is 0 Å². The van der Waals surface area contributed by atoms with Crippen LogP contribution in [0.15, 0.2) is 36.5 Å². The van der Waals surface area contributed by atoms with Crippen molar-refractivity contribution in [3.8, 4) is 5.75 Å². The van der Waals surface area contributed by atoms with Crippen LogP contribution in [0, 0.1) is 0 Å². The SMILES string of the molecule is CNc1nccc(N)c1Cc1ccc(OC)cc1. The molecule has 0 unspecified atom stereocenters. The Morgan fingerprint density at radius 3 is 2.56 bits per heavy atom. The van der Waals surface area contributed by atoms with Crippen LogP contribution in [-0.2, 0) is 6.42 Å². The zero-order chi connectivity index (χ0) is 13.0. The van der Waals surface area contributed by atoms with Crippen molar-refractivity contribution < 1.29 is 4.74 Å². The number of aromatic nitrogens is 1. The lowest BCUT2D eigenvalue weighted by molar-refractivity contribution is 0.414. The van der Waals surface area contributed by atoms with Crippen LogP contribution >= 0.6 is 0 Å². The molecule has 0 atom stereocenters. The highest BCUT2D eigenvalue weighted by Gasteiger charge is 2.07. The maximum atomic E-state index is 6.00. The van der Waals surface area contributed by atoms with Crippen LogP contribution in [0.1, 0.15) is 11.1 Å². The Morgan fingerprint density at radius 2 is 1.94 bits per heavy atom. The molecule has 2 rings (SSSR count). The van der Waals surface area contributed by atoms with Gasteiger partial charge in [-0.15, -0.1) is 0 Å². The zero-order valence-corrected chi connectivity index (χ0v) is 10.6. The largest absolute Gasteiger partial charge is 0.497 e. The fourth-order valence-corrected chi connectivity index (χ4v) is 1.86. The third-order valence-corrected chi connectivity index (χ3v) is 2.87. The van der Waals surface area contributed by atoms with E-state index in [1.54, 1.807) is 13.3 Å². The number of nitrogens with two attached hydrogens (primary N) is 1. The summed E-state index contributed by atoms with van der Waals surface area (Å²) in [4.78, 5) is 4.27. The van der Waals surface area contributed by atoms with E-state index in [9.17, 15) is 0 Å². The first-order valence-electron chi connectivity index (χ1n) is 5.78. The first-order valence-corrected chi connectivity index (χ1v) is 5.78. The predicted molar refractivity (Wildman–Crippen MR) is 74.0 cm³/mol. The van der Waals surface area contributed by atoms with E-state index in [-0.39, 0.29) is 0 Å². The highest BCUT2D eigenvalue weighted by Crippen LogP contribution is 2.23. The molecule has 0 saturated carbocycles. The Bertz CT molecular complexity index is 523. The average molecular weight is 243 g/mol. The third-order valence-electron chi connectivity index (χ3n) is 2.87. The number of hydrogen-bond donors (Lipinski definition) is 2. The van der Waals surface area contributed by atoms with Crippen LogP contribution in [0.3, 0.4) is 0 Å². The molecule has 0 fully saturated rings. The molecule has 0 bridgehead atoms. The van der Waals surface area contributed by atoms with Crippen molar-refractivity contribution in [2.45, 2.75) is 6.42 Å². The van der Waals surface area contributed by atoms with Gasteiger partial charge in [-0.25, -0.2) is 4.98 Å². The lowest BCUT2D eigenvalue weighted by Crippen LogP contribution is -2.03. The number of nitrogens with one attached hydrogen (secondary N) is 1. The summed E-state index contributed by atoms with van der Waals surface area (Å²) in [6, 6.07) is 9.77. The van der Waals surface area contributed by atoms with E-state index >= 15 is 0 Å². The fourth-order valence-electron chi connectivity index (χ4n) is 1.86. The molecule has 0 spiro atoms. The Hall–Kier alpha value is -2.23. The van der Waals surface area contributed by atoms with Gasteiger partial charge in [0.05, 0.1) is 7.11 Å². The zero-order valence-electron chi connectivity index (χ0n) is 10.6. The molecular formula is C14H17N3O. The van der Waals surface area contributed by atoms with Crippen molar-refractivity contribution in [1.82, 2.24) is 4.98 Å². The van der Waals surface area contributed by atoms with Gasteiger partial charge >= 0.3 is 0 Å². The van der Waals surface area contributed by atoms with Crippen molar-refractivity contribution in [3.63, 3.8) is 0 Å². The molecule has 3 N–H and O–H groups in total. The van der Waals surface area contributed by atoms with Gasteiger partial charge in [0.15, 0.2) is 0 Å². The van der Waals surface area contributed by atoms with Gasteiger partial charge in [-0.05, 0) is 23.8 Å². The van der Waals surface area contributed by atoms with E-state index in [4.69, 9.17) is 10.5 Å². The van der Waals surface area contributed by atoms with E-state index in [1.165, 1.54) is 5.56 Å². The van der Waals surface area contributed by atoms with Crippen LogP contribution in [-0.4, -0.2) is 19.1 Å². The number of ether oxygens (including phenoxy) is 1. The summed E-state index contributed by atoms with van der Waals surface area (Å²) in [6.07, 6.45) is 2.46. The Morgan fingerprint density at radius 1 is 1.22 bits per heavy atom. The Labute approximate surface area is 107 Å². The van der Waals surface area contributed by atoms with Crippen molar-refractivity contribution in [1.29, 1.82) is 0 Å². The van der Waals surface area contributed by atoms with Crippen LogP contribution in [0.4, 0.5) is 11.5 Å². The van der Waals surface area contributed by atoms with E-state index in [2.05, 4.69) is 10.3 Å². The molecule has 1 heterocycles. The number of methoxy groups -OCH3 is 1. The number of pyridine rings is 1. The first-order chi connectivity index (χ1) is 8.74. The Kier molecular flexibility index (Phi) is 3.67. The van der Waals surface area contributed by atoms with Crippen molar-refractivity contribution >= 4 is 11.5 Å². The number of nitrogens with zero attached hydrogens (tertiary/aromatic N) is 1. The average Bonchev–Trinajstić information content (AvgIpc) is 2.42. The van der Waals surface area contributed by atoms with Crippen LogP contribution in [0.2, 0.25) is 0 Å². The van der Waals surface area contributed by atoms with E-state index in [0.717, 1.165) is 29.2 Å². The molecule has 1 aromatic carbocycles. The molecule has 0 aliphatic heterocycles. The fraction of sp³-hybridized carbons (Fsp3) is 0.214. The number of benzene rings is 1. The van der Waals surface area contributed by atoms with Gasteiger partial charge in [-0.3, -0.25) is 0 Å². The van der Waals surface area contributed by atoms with Crippen LogP contribution < -0.4 is 15.8 Å². The molecule has 1 aromatic heterocycles. The molecule has 2 aromatic rings. The number of anilines is 2. The second-order valence-electron chi connectivity index (χ2n) is 4.00. The molecule has 4 nitrogen and oxygen atoms in total. The number of nitrogen functional groups attached to an aromatic ring is 1. The summed E-state index contributed by atoms with van der Waals surface area (Å²) in [5.41, 5.74) is 8.94. The molecule has 0 saturated heterocycles. The quantitative estimate of drug-likeness (QED) is 0.865. The van der Waals surface area contributed by atoms with Crippen molar-refractivity contribution in [2.24, 2.45) is 0 Å². The first kappa shape index (κ1) is 12.2. The minimum atomic E-state index is 0.750. The summed E-state index contributed by atoms with van der Waals surface area (Å²) >= 11 is 0. The van der Waals surface area contributed by atoms with Crippen LogP contribution in [0.25, 0.3) is 0 Å². The monoisotopic (exact) mass is 243 g/mol. The van der Waals surface area contributed by atoms with Gasteiger partial charge in [0.2, 0.25) is 0 Å². The smallest absolute Gasteiger partial charge is 0.131 e. The summed E-state index contributed by atoms with van der Waals surface area (Å²) in [7, 11) is 3.51. The number of hydrogen-bond acceptors (Lipinski definition) is 4. The summed E-state index contributed by atoms with van der Waals surface area (Å²) in [5.74, 6) is 1.68. The second-order valence-corrected chi connectivity index (χ2v) is 4.00. The van der Waals surface area contributed by atoms with E-state index in [1.807, 2.05) is 37.4 Å². The molecule has 18 heavy (non-hydrogen) atoms. The summed E-state index contributed by atoms with van der Waals surface area (Å²) in [5, 5.41) is 3.06. The molecule has 94 valence electrons. The van der Waals surface area contributed by atoms with Gasteiger partial charge < -0.3 is 15.8 Å². The van der Waals surface area contributed by atoms with Gasteiger partial charge in [0, 0.05) is 30.9 Å². The highest BCUT2D eigenvalue weighted by molar-refractivity contribution is 5.60. The van der Waals surface area contributed by atoms with E-state index < -0.39 is 0 Å². The number of rotatable bonds is 4. The molecule has 4 heteroatoms. The third kappa shape index (κ3) is 2.53. The maximum Gasteiger partial charge on any atom is 0.131 e. The molecule has 0 radical (unpaired) electrons. The minimum absolute atomic E-state index is 0.750.